The van der Waals surface area contributed by atoms with Gasteiger partial charge in [-0.3, -0.25) is 0 Å². The fourth-order valence-electron chi connectivity index (χ4n) is 7.64. The summed E-state index contributed by atoms with van der Waals surface area (Å²) in [5.74, 6) is 0. The molecule has 0 N–H and O–H groups in total. The van der Waals surface area contributed by atoms with E-state index in [2.05, 4.69) is 230 Å². The summed E-state index contributed by atoms with van der Waals surface area (Å²) in [7, 11) is 0. The first-order valence-corrected chi connectivity index (χ1v) is 18.8. The molecule has 260 valence electrons. The van der Waals surface area contributed by atoms with Gasteiger partial charge in [-0.2, -0.15) is 0 Å². The molecule has 54 heavy (non-hydrogen) atoms. The Labute approximate surface area is 318 Å². The van der Waals surface area contributed by atoms with Gasteiger partial charge in [0.05, 0.1) is 11.0 Å². The molecule has 2 heteroatoms. The number of benzene rings is 8. The Morgan fingerprint density at radius 2 is 0.722 bits per heavy atom. The van der Waals surface area contributed by atoms with Crippen LogP contribution in [0, 0.1) is 0 Å². The van der Waals surface area contributed by atoms with Crippen molar-refractivity contribution in [1.82, 2.24) is 4.57 Å². The molecular formula is C52H42N2. The Morgan fingerprint density at radius 1 is 0.352 bits per heavy atom. The second-order valence-electron chi connectivity index (χ2n) is 15.1. The van der Waals surface area contributed by atoms with Crippen LogP contribution in [0.25, 0.3) is 60.9 Å². The average Bonchev–Trinajstić information content (AvgIpc) is 3.55. The van der Waals surface area contributed by atoms with Gasteiger partial charge in [-0.05, 0) is 117 Å². The lowest BCUT2D eigenvalue weighted by Crippen LogP contribution is -2.10. The van der Waals surface area contributed by atoms with Crippen molar-refractivity contribution in [3.05, 3.63) is 206 Å². The van der Waals surface area contributed by atoms with E-state index in [-0.39, 0.29) is 5.41 Å². The van der Waals surface area contributed by atoms with Gasteiger partial charge in [-0.15, -0.1) is 0 Å². The zero-order chi connectivity index (χ0) is 36.6. The summed E-state index contributed by atoms with van der Waals surface area (Å²) in [6.07, 6.45) is 0. The third-order valence-electron chi connectivity index (χ3n) is 10.6. The van der Waals surface area contributed by atoms with Gasteiger partial charge < -0.3 is 9.47 Å². The lowest BCUT2D eigenvalue weighted by molar-refractivity contribution is 0.591. The molecule has 0 amide bonds. The largest absolute Gasteiger partial charge is 0.311 e. The van der Waals surface area contributed by atoms with Gasteiger partial charge in [-0.1, -0.05) is 148 Å². The van der Waals surface area contributed by atoms with Crippen LogP contribution in [-0.2, 0) is 5.41 Å². The Bertz CT molecular complexity index is 2600. The first kappa shape index (κ1) is 33.2. The highest BCUT2D eigenvalue weighted by atomic mass is 15.1. The van der Waals surface area contributed by atoms with Gasteiger partial charge in [0.1, 0.15) is 0 Å². The molecular weight excluding hydrogens is 653 g/mol. The number of hydrogen-bond acceptors (Lipinski definition) is 1. The van der Waals surface area contributed by atoms with E-state index in [1.807, 2.05) is 0 Å². The Kier molecular flexibility index (Phi) is 8.44. The van der Waals surface area contributed by atoms with E-state index in [0.29, 0.717) is 0 Å². The summed E-state index contributed by atoms with van der Waals surface area (Å²) in [5, 5.41) is 2.55. The van der Waals surface area contributed by atoms with Crippen LogP contribution in [0.3, 0.4) is 0 Å². The zero-order valence-electron chi connectivity index (χ0n) is 30.9. The maximum atomic E-state index is 2.40. The van der Waals surface area contributed by atoms with E-state index in [0.717, 1.165) is 17.1 Å². The molecule has 0 spiro atoms. The van der Waals surface area contributed by atoms with Crippen molar-refractivity contribution in [3.63, 3.8) is 0 Å². The molecule has 9 aromatic rings. The van der Waals surface area contributed by atoms with Crippen molar-refractivity contribution in [2.75, 3.05) is 4.90 Å². The molecule has 1 heterocycles. The summed E-state index contributed by atoms with van der Waals surface area (Å²) >= 11 is 0. The van der Waals surface area contributed by atoms with Crippen molar-refractivity contribution >= 4 is 38.9 Å². The fourth-order valence-corrected chi connectivity index (χ4v) is 7.64. The molecule has 9 rings (SSSR count). The fraction of sp³-hybridized carbons (Fsp3) is 0.0769. The van der Waals surface area contributed by atoms with E-state index >= 15 is 0 Å². The van der Waals surface area contributed by atoms with Gasteiger partial charge in [0.2, 0.25) is 0 Å². The van der Waals surface area contributed by atoms with Crippen LogP contribution in [0.2, 0.25) is 0 Å². The van der Waals surface area contributed by atoms with E-state index in [1.54, 1.807) is 0 Å². The van der Waals surface area contributed by atoms with Crippen LogP contribution in [0.1, 0.15) is 26.3 Å². The number of hydrogen-bond donors (Lipinski definition) is 0. The van der Waals surface area contributed by atoms with E-state index < -0.39 is 0 Å². The zero-order valence-corrected chi connectivity index (χ0v) is 30.9. The van der Waals surface area contributed by atoms with Gasteiger partial charge in [0, 0.05) is 33.5 Å². The summed E-state index contributed by atoms with van der Waals surface area (Å²) in [5.41, 5.74) is 15.6. The van der Waals surface area contributed by atoms with Gasteiger partial charge in [-0.25, -0.2) is 0 Å². The molecule has 0 fully saturated rings. The molecule has 0 aliphatic carbocycles. The van der Waals surface area contributed by atoms with E-state index in [9.17, 15) is 0 Å². The van der Waals surface area contributed by atoms with Crippen molar-refractivity contribution in [3.8, 4) is 39.1 Å². The molecule has 8 aromatic carbocycles. The molecule has 0 unspecified atom stereocenters. The summed E-state index contributed by atoms with van der Waals surface area (Å²) in [6.45, 7) is 6.86. The molecule has 2 nitrogen and oxygen atoms in total. The number of para-hydroxylation sites is 1. The molecule has 0 aliphatic heterocycles. The van der Waals surface area contributed by atoms with Crippen molar-refractivity contribution < 1.29 is 0 Å². The van der Waals surface area contributed by atoms with E-state index in [4.69, 9.17) is 0 Å². The quantitative estimate of drug-likeness (QED) is 0.161. The minimum absolute atomic E-state index is 0.0540. The normalized spacial score (nSPS) is 11.6. The second kappa shape index (κ2) is 13.7. The highest BCUT2D eigenvalue weighted by molar-refractivity contribution is 6.10. The maximum absolute atomic E-state index is 2.40. The average molecular weight is 695 g/mol. The smallest absolute Gasteiger partial charge is 0.0541 e. The standard InChI is InChI=1S/C52H42N2/c1-52(2,3)43-26-34-51-49(36-43)48-35-42(25-33-50(48)54(51)44-17-11-6-12-18-44)41-23-31-47(32-24-41)53(45-27-19-39(20-28-45)37-13-7-4-8-14-37)46-29-21-40(22-30-46)38-15-9-5-10-16-38/h4-36H,1-3H3. The van der Waals surface area contributed by atoms with Crippen molar-refractivity contribution in [2.24, 2.45) is 0 Å². The van der Waals surface area contributed by atoms with Crippen molar-refractivity contribution in [2.45, 2.75) is 26.2 Å². The lowest BCUT2D eigenvalue weighted by atomic mass is 9.86. The van der Waals surface area contributed by atoms with Gasteiger partial charge in [0.25, 0.3) is 0 Å². The predicted octanol–water partition coefficient (Wildman–Crippen LogP) is 14.6. The molecule has 0 atom stereocenters. The number of fused-ring (bicyclic) bond motifs is 3. The van der Waals surface area contributed by atoms with Crippen molar-refractivity contribution in [1.29, 1.82) is 0 Å². The van der Waals surface area contributed by atoms with Crippen LogP contribution in [0.5, 0.6) is 0 Å². The molecule has 0 radical (unpaired) electrons. The number of anilines is 3. The minimum atomic E-state index is 0.0540. The third-order valence-corrected chi connectivity index (χ3v) is 10.6. The minimum Gasteiger partial charge on any atom is -0.311 e. The molecule has 0 bridgehead atoms. The summed E-state index contributed by atoms with van der Waals surface area (Å²) in [4.78, 5) is 2.35. The van der Waals surface area contributed by atoms with Gasteiger partial charge >= 0.3 is 0 Å². The Hall–Kier alpha value is -6.64. The van der Waals surface area contributed by atoms with Crippen LogP contribution < -0.4 is 4.90 Å². The van der Waals surface area contributed by atoms with Crippen LogP contribution in [-0.4, -0.2) is 4.57 Å². The molecule has 1 aromatic heterocycles. The van der Waals surface area contributed by atoms with Crippen LogP contribution >= 0.6 is 0 Å². The number of rotatable bonds is 7. The van der Waals surface area contributed by atoms with Crippen LogP contribution in [0.15, 0.2) is 200 Å². The number of nitrogens with zero attached hydrogens (tertiary/aromatic N) is 2. The number of aromatic nitrogens is 1. The SMILES string of the molecule is CC(C)(C)c1ccc2c(c1)c1cc(-c3ccc(N(c4ccc(-c5ccccc5)cc4)c4ccc(-c5ccccc5)cc4)cc3)ccc1n2-c1ccccc1. The molecule has 0 aliphatic rings. The monoisotopic (exact) mass is 694 g/mol. The lowest BCUT2D eigenvalue weighted by Gasteiger charge is -2.26. The molecule has 0 saturated carbocycles. The topological polar surface area (TPSA) is 8.17 Å². The summed E-state index contributed by atoms with van der Waals surface area (Å²) < 4.78 is 2.40. The highest BCUT2D eigenvalue weighted by Gasteiger charge is 2.19. The van der Waals surface area contributed by atoms with Gasteiger partial charge in [0.15, 0.2) is 0 Å². The van der Waals surface area contributed by atoms with Crippen LogP contribution in [0.4, 0.5) is 17.1 Å². The maximum Gasteiger partial charge on any atom is 0.0541 e. The summed E-state index contributed by atoms with van der Waals surface area (Å²) in [6, 6.07) is 72.5. The Balaban J connectivity index is 1.12. The first-order valence-electron chi connectivity index (χ1n) is 18.8. The highest BCUT2D eigenvalue weighted by Crippen LogP contribution is 2.40. The van der Waals surface area contributed by atoms with E-state index in [1.165, 1.54) is 66.4 Å². The predicted molar refractivity (Wildman–Crippen MR) is 230 cm³/mol. The Morgan fingerprint density at radius 3 is 1.19 bits per heavy atom. The first-order chi connectivity index (χ1) is 26.4. The third kappa shape index (κ3) is 6.27. The second-order valence-corrected chi connectivity index (χ2v) is 15.1. The molecule has 0 saturated heterocycles.